The van der Waals surface area contributed by atoms with Crippen LogP contribution in [0.25, 0.3) is 0 Å². The number of hydrogen-bond acceptors (Lipinski definition) is 4. The first kappa shape index (κ1) is 20.2. The summed E-state index contributed by atoms with van der Waals surface area (Å²) >= 11 is 5.90. The first-order valence-electron chi connectivity index (χ1n) is 7.98. The van der Waals surface area contributed by atoms with Crippen molar-refractivity contribution in [2.24, 2.45) is 0 Å². The summed E-state index contributed by atoms with van der Waals surface area (Å²) in [7, 11) is -2.28. The smallest absolute Gasteiger partial charge is 0.243 e. The van der Waals surface area contributed by atoms with Gasteiger partial charge in [0.2, 0.25) is 15.9 Å². The number of nitrogens with one attached hydrogen (secondary N) is 1. The van der Waals surface area contributed by atoms with E-state index in [1.165, 1.54) is 19.2 Å². The zero-order valence-corrected chi connectivity index (χ0v) is 16.4. The molecule has 0 heterocycles. The Labute approximate surface area is 158 Å². The normalized spacial score (nSPS) is 11.4. The van der Waals surface area contributed by atoms with Gasteiger partial charge in [-0.15, -0.1) is 0 Å². The monoisotopic (exact) mass is 396 g/mol. The topological polar surface area (TPSA) is 75.7 Å². The Morgan fingerprint density at radius 1 is 1.19 bits per heavy atom. The van der Waals surface area contributed by atoms with Crippen molar-refractivity contribution in [2.75, 3.05) is 25.5 Å². The largest absolute Gasteiger partial charge is 0.497 e. The van der Waals surface area contributed by atoms with Gasteiger partial charge in [0.1, 0.15) is 5.75 Å². The lowest BCUT2D eigenvalue weighted by molar-refractivity contribution is -0.116. The molecular weight excluding hydrogens is 376 g/mol. The number of benzene rings is 2. The molecule has 0 saturated heterocycles. The lowest BCUT2D eigenvalue weighted by Crippen LogP contribution is -2.37. The summed E-state index contributed by atoms with van der Waals surface area (Å²) in [5.41, 5.74) is 1.39. The van der Waals surface area contributed by atoms with Crippen LogP contribution in [0, 0.1) is 6.92 Å². The lowest BCUT2D eigenvalue weighted by Gasteiger charge is -2.20. The number of aryl methyl sites for hydroxylation is 1. The summed E-state index contributed by atoms with van der Waals surface area (Å²) in [6.07, 6.45) is 0. The molecule has 2 aromatic rings. The first-order valence-corrected chi connectivity index (χ1v) is 9.80. The van der Waals surface area contributed by atoms with Gasteiger partial charge in [-0.05, 0) is 55.0 Å². The van der Waals surface area contributed by atoms with Crippen molar-refractivity contribution < 1.29 is 17.9 Å². The maximum absolute atomic E-state index is 12.8. The molecule has 0 atom stereocenters. The van der Waals surface area contributed by atoms with Gasteiger partial charge in [-0.2, -0.15) is 4.31 Å². The van der Waals surface area contributed by atoms with Crippen LogP contribution in [-0.2, 0) is 14.8 Å². The van der Waals surface area contributed by atoms with Gasteiger partial charge >= 0.3 is 0 Å². The minimum Gasteiger partial charge on any atom is -0.497 e. The van der Waals surface area contributed by atoms with E-state index in [9.17, 15) is 13.2 Å². The van der Waals surface area contributed by atoms with Crippen LogP contribution in [-0.4, -0.2) is 38.8 Å². The number of anilines is 1. The molecule has 8 heteroatoms. The van der Waals surface area contributed by atoms with Crippen molar-refractivity contribution in [1.29, 1.82) is 0 Å². The molecule has 0 saturated carbocycles. The second-order valence-corrected chi connectivity index (χ2v) is 7.99. The van der Waals surface area contributed by atoms with Crippen molar-refractivity contribution in [3.8, 4) is 5.75 Å². The zero-order valence-electron chi connectivity index (χ0n) is 14.8. The molecular formula is C18H21ClN2O4S. The minimum atomic E-state index is -3.78. The van der Waals surface area contributed by atoms with Gasteiger partial charge in [0.15, 0.2) is 0 Å². The maximum Gasteiger partial charge on any atom is 0.243 e. The maximum atomic E-state index is 12.8. The van der Waals surface area contributed by atoms with E-state index in [2.05, 4.69) is 5.32 Å². The van der Waals surface area contributed by atoms with Crippen LogP contribution < -0.4 is 10.1 Å². The Balaban J connectivity index is 2.14. The summed E-state index contributed by atoms with van der Waals surface area (Å²) in [6.45, 7) is 3.38. The summed E-state index contributed by atoms with van der Waals surface area (Å²) in [5.74, 6) is 0.136. The number of halogens is 1. The lowest BCUT2D eigenvalue weighted by atomic mass is 10.2. The number of sulfonamides is 1. The van der Waals surface area contributed by atoms with E-state index in [1.54, 1.807) is 37.3 Å². The van der Waals surface area contributed by atoms with Crippen molar-refractivity contribution in [3.63, 3.8) is 0 Å². The molecule has 0 aliphatic heterocycles. The summed E-state index contributed by atoms with van der Waals surface area (Å²) in [5, 5.41) is 3.29. The standard InChI is InChI=1S/C18H21ClN2O4S/c1-4-21(26(23,24)16-8-6-15(25-3)7-9-16)12-18(22)20-17-10-5-14(19)11-13(17)2/h5-11H,4,12H2,1-3H3,(H,20,22). The summed E-state index contributed by atoms with van der Waals surface area (Å²) in [6, 6.07) is 11.1. The fourth-order valence-electron chi connectivity index (χ4n) is 2.38. The molecule has 0 aliphatic carbocycles. The Hall–Kier alpha value is -2.09. The zero-order chi connectivity index (χ0) is 19.3. The highest BCUT2D eigenvalue weighted by atomic mass is 35.5. The van der Waals surface area contributed by atoms with Gasteiger partial charge in [0.25, 0.3) is 0 Å². The number of amides is 1. The molecule has 0 spiro atoms. The fraction of sp³-hybridized carbons (Fsp3) is 0.278. The second kappa shape index (κ2) is 8.53. The minimum absolute atomic E-state index is 0.107. The second-order valence-electron chi connectivity index (χ2n) is 5.61. The van der Waals surface area contributed by atoms with Crippen molar-refractivity contribution in [1.82, 2.24) is 4.31 Å². The number of carbonyl (C=O) groups is 1. The fourth-order valence-corrected chi connectivity index (χ4v) is 4.01. The van der Waals surface area contributed by atoms with Crippen LogP contribution in [0.4, 0.5) is 5.69 Å². The number of ether oxygens (including phenoxy) is 1. The summed E-state index contributed by atoms with van der Waals surface area (Å²) in [4.78, 5) is 12.4. The number of methoxy groups -OCH3 is 1. The SMILES string of the molecule is CCN(CC(=O)Nc1ccc(Cl)cc1C)S(=O)(=O)c1ccc(OC)cc1. The number of rotatable bonds is 7. The van der Waals surface area contributed by atoms with Gasteiger partial charge < -0.3 is 10.1 Å². The Morgan fingerprint density at radius 3 is 2.38 bits per heavy atom. The predicted molar refractivity (Wildman–Crippen MR) is 102 cm³/mol. The van der Waals surface area contributed by atoms with Crippen LogP contribution in [0.3, 0.4) is 0 Å². The number of hydrogen-bond donors (Lipinski definition) is 1. The van der Waals surface area contributed by atoms with Gasteiger partial charge in [-0.1, -0.05) is 18.5 Å². The molecule has 2 rings (SSSR count). The highest BCUT2D eigenvalue weighted by Crippen LogP contribution is 2.21. The van der Waals surface area contributed by atoms with E-state index in [1.807, 2.05) is 6.92 Å². The Bertz CT molecular complexity index is 883. The molecule has 2 aromatic carbocycles. The van der Waals surface area contributed by atoms with Crippen LogP contribution in [0.15, 0.2) is 47.4 Å². The number of likely N-dealkylation sites (N-methyl/N-ethyl adjacent to an activating group) is 1. The molecule has 1 N–H and O–H groups in total. The molecule has 140 valence electrons. The highest BCUT2D eigenvalue weighted by molar-refractivity contribution is 7.89. The number of carbonyl (C=O) groups excluding carboxylic acids is 1. The Morgan fingerprint density at radius 2 is 1.85 bits per heavy atom. The third-order valence-electron chi connectivity index (χ3n) is 3.83. The molecule has 0 aromatic heterocycles. The van der Waals surface area contributed by atoms with Crippen molar-refractivity contribution >= 4 is 33.2 Å². The van der Waals surface area contributed by atoms with E-state index in [0.717, 1.165) is 9.87 Å². The first-order chi connectivity index (χ1) is 12.3. The average Bonchev–Trinajstić information content (AvgIpc) is 2.62. The third kappa shape index (κ3) is 4.75. The van der Waals surface area contributed by atoms with Gasteiger partial charge in [0, 0.05) is 17.3 Å². The number of nitrogens with zero attached hydrogens (tertiary/aromatic N) is 1. The van der Waals surface area contributed by atoms with Crippen LogP contribution in [0.5, 0.6) is 5.75 Å². The van der Waals surface area contributed by atoms with E-state index >= 15 is 0 Å². The third-order valence-corrected chi connectivity index (χ3v) is 6.00. The van der Waals surface area contributed by atoms with Crippen LogP contribution in [0.2, 0.25) is 5.02 Å². The highest BCUT2D eigenvalue weighted by Gasteiger charge is 2.25. The van der Waals surface area contributed by atoms with Gasteiger partial charge in [-0.25, -0.2) is 8.42 Å². The van der Waals surface area contributed by atoms with Gasteiger partial charge in [-0.3, -0.25) is 4.79 Å². The van der Waals surface area contributed by atoms with E-state index in [4.69, 9.17) is 16.3 Å². The van der Waals surface area contributed by atoms with E-state index in [-0.39, 0.29) is 18.0 Å². The molecule has 0 aliphatic rings. The van der Waals surface area contributed by atoms with E-state index in [0.29, 0.717) is 16.5 Å². The molecule has 0 bridgehead atoms. The van der Waals surface area contributed by atoms with E-state index < -0.39 is 15.9 Å². The molecule has 0 fully saturated rings. The van der Waals surface area contributed by atoms with Crippen molar-refractivity contribution in [3.05, 3.63) is 53.1 Å². The molecule has 0 unspecified atom stereocenters. The van der Waals surface area contributed by atoms with Crippen LogP contribution >= 0.6 is 11.6 Å². The Kier molecular flexibility index (Phi) is 6.63. The molecule has 0 radical (unpaired) electrons. The van der Waals surface area contributed by atoms with Crippen molar-refractivity contribution in [2.45, 2.75) is 18.7 Å². The molecule has 6 nitrogen and oxygen atoms in total. The predicted octanol–water partition coefficient (Wildman–Crippen LogP) is 3.31. The summed E-state index contributed by atoms with van der Waals surface area (Å²) < 4.78 is 31.7. The van der Waals surface area contributed by atoms with Crippen LogP contribution in [0.1, 0.15) is 12.5 Å². The molecule has 26 heavy (non-hydrogen) atoms. The quantitative estimate of drug-likeness (QED) is 0.779. The van der Waals surface area contributed by atoms with Gasteiger partial charge in [0.05, 0.1) is 18.6 Å². The average molecular weight is 397 g/mol. The molecule has 1 amide bonds.